The van der Waals surface area contributed by atoms with Gasteiger partial charge >= 0.3 is 6.18 Å². The molecule has 0 fully saturated rings. The highest BCUT2D eigenvalue weighted by molar-refractivity contribution is 5.94. The van der Waals surface area contributed by atoms with Gasteiger partial charge in [0.25, 0.3) is 0 Å². The zero-order valence-electron chi connectivity index (χ0n) is 15.3. The van der Waals surface area contributed by atoms with Crippen LogP contribution in [0.15, 0.2) is 67.1 Å². The molecule has 29 heavy (non-hydrogen) atoms. The molecule has 3 N–H and O–H groups in total. The van der Waals surface area contributed by atoms with Gasteiger partial charge in [-0.1, -0.05) is 24.8 Å². The van der Waals surface area contributed by atoms with E-state index in [1.165, 1.54) is 17.7 Å². The number of hydrogen-bond donors (Lipinski definition) is 3. The first-order chi connectivity index (χ1) is 13.9. The molecule has 148 valence electrons. The average molecular weight is 397 g/mol. The van der Waals surface area contributed by atoms with Crippen LogP contribution >= 0.6 is 0 Å². The first-order valence-electron chi connectivity index (χ1n) is 8.96. The van der Waals surface area contributed by atoms with E-state index < -0.39 is 11.9 Å². The Bertz CT molecular complexity index is 1100. The molecule has 8 heteroatoms. The number of nitrogens with zero attached hydrogens (tertiary/aromatic N) is 2. The monoisotopic (exact) mass is 397 g/mol. The van der Waals surface area contributed by atoms with Crippen LogP contribution < -0.4 is 16.0 Å². The maximum atomic E-state index is 12.8. The van der Waals surface area contributed by atoms with Crippen molar-refractivity contribution in [2.45, 2.75) is 6.18 Å². The van der Waals surface area contributed by atoms with Gasteiger partial charge in [-0.05, 0) is 41.5 Å². The Kier molecular flexibility index (Phi) is 4.94. The summed E-state index contributed by atoms with van der Waals surface area (Å²) in [5.41, 5.74) is 2.89. The Morgan fingerprint density at radius 3 is 2.72 bits per heavy atom. The topological polar surface area (TPSA) is 61.9 Å². The number of pyridine rings is 2. The number of anilines is 2. The van der Waals surface area contributed by atoms with Crippen molar-refractivity contribution >= 4 is 28.0 Å². The van der Waals surface area contributed by atoms with Crippen LogP contribution in [0.3, 0.4) is 0 Å². The summed E-state index contributed by atoms with van der Waals surface area (Å²) in [5.74, 6) is 0.357. The van der Waals surface area contributed by atoms with Crippen LogP contribution in [0.2, 0.25) is 0 Å². The largest absolute Gasteiger partial charge is 0.433 e. The minimum absolute atomic E-state index is 0.0542. The molecular weight excluding hydrogens is 379 g/mol. The molecule has 0 saturated heterocycles. The molecular formula is C21H18F3N5. The summed E-state index contributed by atoms with van der Waals surface area (Å²) >= 11 is 0. The van der Waals surface area contributed by atoms with E-state index in [2.05, 4.69) is 38.6 Å². The van der Waals surface area contributed by atoms with Crippen molar-refractivity contribution < 1.29 is 13.2 Å². The van der Waals surface area contributed by atoms with Crippen LogP contribution in [-0.2, 0) is 6.18 Å². The lowest BCUT2D eigenvalue weighted by Gasteiger charge is -2.15. The van der Waals surface area contributed by atoms with Crippen molar-refractivity contribution in [3.8, 4) is 0 Å². The standard InChI is InChI=1S/C21H18F3N5/c1-13(28-20-4-2-3-19(29-20)21(22,23)24)27-18-8-10-26-17-6-5-14(11-16(17)18)15-7-9-25-12-15/h2-8,10-11,25H,1,9,12H2,(H,26,27)(H,28,29). The van der Waals surface area contributed by atoms with Gasteiger partial charge in [0, 0.05) is 24.7 Å². The number of aromatic nitrogens is 2. The third-order valence-electron chi connectivity index (χ3n) is 4.52. The maximum Gasteiger partial charge on any atom is 0.433 e. The normalized spacial score (nSPS) is 14.0. The fourth-order valence-electron chi connectivity index (χ4n) is 3.16. The van der Waals surface area contributed by atoms with Gasteiger partial charge in [0.2, 0.25) is 0 Å². The van der Waals surface area contributed by atoms with E-state index in [-0.39, 0.29) is 5.82 Å². The van der Waals surface area contributed by atoms with Crippen molar-refractivity contribution in [2.75, 3.05) is 23.7 Å². The number of alkyl halides is 3. The number of rotatable bonds is 5. The van der Waals surface area contributed by atoms with Crippen molar-refractivity contribution in [2.24, 2.45) is 0 Å². The number of benzene rings is 1. The lowest BCUT2D eigenvalue weighted by atomic mass is 10.0. The summed E-state index contributed by atoms with van der Waals surface area (Å²) in [7, 11) is 0. The van der Waals surface area contributed by atoms with Gasteiger partial charge in [0.1, 0.15) is 17.3 Å². The molecule has 0 unspecified atom stereocenters. The van der Waals surface area contributed by atoms with Gasteiger partial charge in [-0.15, -0.1) is 0 Å². The van der Waals surface area contributed by atoms with Crippen LogP contribution in [0.1, 0.15) is 11.3 Å². The van der Waals surface area contributed by atoms with Crippen molar-refractivity contribution in [3.63, 3.8) is 0 Å². The minimum atomic E-state index is -4.51. The molecule has 0 saturated carbocycles. The maximum absolute atomic E-state index is 12.8. The highest BCUT2D eigenvalue weighted by atomic mass is 19.4. The number of nitrogens with one attached hydrogen (secondary N) is 3. The van der Waals surface area contributed by atoms with Crippen molar-refractivity contribution in [1.29, 1.82) is 0 Å². The van der Waals surface area contributed by atoms with Gasteiger partial charge in [-0.3, -0.25) is 4.98 Å². The summed E-state index contributed by atoms with van der Waals surface area (Å²) < 4.78 is 38.5. The van der Waals surface area contributed by atoms with Gasteiger partial charge in [-0.2, -0.15) is 13.2 Å². The van der Waals surface area contributed by atoms with E-state index in [4.69, 9.17) is 0 Å². The summed E-state index contributed by atoms with van der Waals surface area (Å²) in [6, 6.07) is 11.5. The smallest absolute Gasteiger partial charge is 0.342 e. The number of fused-ring (bicyclic) bond motifs is 1. The van der Waals surface area contributed by atoms with Gasteiger partial charge in [0.05, 0.1) is 11.2 Å². The molecule has 1 aliphatic heterocycles. The summed E-state index contributed by atoms with van der Waals surface area (Å²) in [4.78, 5) is 7.97. The third kappa shape index (κ3) is 4.22. The van der Waals surface area contributed by atoms with E-state index in [0.29, 0.717) is 5.82 Å². The molecule has 0 amide bonds. The predicted molar refractivity (Wildman–Crippen MR) is 108 cm³/mol. The Hall–Kier alpha value is -3.39. The molecule has 3 aromatic rings. The van der Waals surface area contributed by atoms with Crippen LogP contribution in [0.25, 0.3) is 16.5 Å². The second-order valence-electron chi connectivity index (χ2n) is 6.59. The van der Waals surface area contributed by atoms with Crippen molar-refractivity contribution in [1.82, 2.24) is 15.3 Å². The zero-order valence-corrected chi connectivity index (χ0v) is 15.3. The molecule has 3 heterocycles. The second-order valence-corrected chi connectivity index (χ2v) is 6.59. The minimum Gasteiger partial charge on any atom is -0.342 e. The zero-order chi connectivity index (χ0) is 20.4. The average Bonchev–Trinajstić information content (AvgIpc) is 3.22. The molecule has 0 atom stereocenters. The predicted octanol–water partition coefficient (Wildman–Crippen LogP) is 4.63. The summed E-state index contributed by atoms with van der Waals surface area (Å²) in [6.07, 6.45) is -0.700. The fraction of sp³-hybridized carbons (Fsp3) is 0.143. The Balaban J connectivity index is 1.57. The Morgan fingerprint density at radius 1 is 1.10 bits per heavy atom. The molecule has 1 aromatic carbocycles. The Morgan fingerprint density at radius 2 is 1.97 bits per heavy atom. The van der Waals surface area contributed by atoms with E-state index >= 15 is 0 Å². The van der Waals surface area contributed by atoms with Gasteiger partial charge in [0.15, 0.2) is 0 Å². The van der Waals surface area contributed by atoms with E-state index in [0.717, 1.165) is 41.3 Å². The molecule has 0 aliphatic carbocycles. The van der Waals surface area contributed by atoms with E-state index in [1.807, 2.05) is 18.2 Å². The molecule has 4 rings (SSSR count). The third-order valence-corrected chi connectivity index (χ3v) is 4.52. The highest BCUT2D eigenvalue weighted by Gasteiger charge is 2.32. The molecule has 0 bridgehead atoms. The Labute approximate surface area is 165 Å². The summed E-state index contributed by atoms with van der Waals surface area (Å²) in [5, 5.41) is 10.0. The molecule has 0 radical (unpaired) electrons. The molecule has 5 nitrogen and oxygen atoms in total. The highest BCUT2D eigenvalue weighted by Crippen LogP contribution is 2.29. The lowest BCUT2D eigenvalue weighted by Crippen LogP contribution is -2.13. The van der Waals surface area contributed by atoms with Gasteiger partial charge in [-0.25, -0.2) is 4.98 Å². The van der Waals surface area contributed by atoms with Crippen molar-refractivity contribution in [3.05, 3.63) is 78.4 Å². The number of halogens is 3. The molecule has 1 aliphatic rings. The van der Waals surface area contributed by atoms with E-state index in [9.17, 15) is 13.2 Å². The van der Waals surface area contributed by atoms with E-state index in [1.54, 1.807) is 12.3 Å². The second kappa shape index (κ2) is 7.56. The van der Waals surface area contributed by atoms with Crippen LogP contribution in [0.4, 0.5) is 24.7 Å². The van der Waals surface area contributed by atoms with Crippen LogP contribution in [0, 0.1) is 0 Å². The molecule has 0 spiro atoms. The number of hydrogen-bond acceptors (Lipinski definition) is 5. The summed E-state index contributed by atoms with van der Waals surface area (Å²) in [6.45, 7) is 5.51. The van der Waals surface area contributed by atoms with Crippen LogP contribution in [0.5, 0.6) is 0 Å². The fourth-order valence-corrected chi connectivity index (χ4v) is 3.16. The quantitative estimate of drug-likeness (QED) is 0.586. The lowest BCUT2D eigenvalue weighted by molar-refractivity contribution is -0.141. The van der Waals surface area contributed by atoms with Gasteiger partial charge < -0.3 is 16.0 Å². The SMILES string of the molecule is C=C(Nc1cccc(C(F)(F)F)n1)Nc1ccnc2ccc(C3=CCNC3)cc12. The first kappa shape index (κ1) is 18.9. The first-order valence-corrected chi connectivity index (χ1v) is 8.96. The molecule has 2 aromatic heterocycles. The van der Waals surface area contributed by atoms with Crippen LogP contribution in [-0.4, -0.2) is 23.1 Å².